The van der Waals surface area contributed by atoms with Crippen molar-refractivity contribution in [3.8, 4) is 11.4 Å². The molecule has 1 aromatic heterocycles. The van der Waals surface area contributed by atoms with Crippen LogP contribution < -0.4 is 10.3 Å². The molecule has 1 aliphatic heterocycles. The molecule has 0 radical (unpaired) electrons. The maximum Gasteiger partial charge on any atom is 0.262 e. The van der Waals surface area contributed by atoms with Gasteiger partial charge in [-0.2, -0.15) is 0 Å². The van der Waals surface area contributed by atoms with Crippen LogP contribution in [0.1, 0.15) is 33.5 Å². The molecule has 0 spiro atoms. The van der Waals surface area contributed by atoms with Crippen molar-refractivity contribution in [2.45, 2.75) is 26.8 Å². The second-order valence-corrected chi connectivity index (χ2v) is 9.51. The molecule has 4 aromatic rings. The Morgan fingerprint density at radius 3 is 2.44 bits per heavy atom. The lowest BCUT2D eigenvalue weighted by molar-refractivity contribution is 0.0481. The number of nitrogens with zero attached hydrogens (tertiary/aromatic N) is 3. The van der Waals surface area contributed by atoms with Crippen LogP contribution in [0.15, 0.2) is 77.7 Å². The van der Waals surface area contributed by atoms with Crippen LogP contribution in [-0.4, -0.2) is 47.1 Å². The summed E-state index contributed by atoms with van der Waals surface area (Å²) >= 11 is 0. The molecule has 0 bridgehead atoms. The Kier molecular flexibility index (Phi) is 6.61. The Hall–Kier alpha value is -3.90. The minimum atomic E-state index is -0.150. The number of ether oxygens (including phenoxy) is 1. The Labute approximate surface area is 211 Å². The minimum Gasteiger partial charge on any atom is -0.497 e. The van der Waals surface area contributed by atoms with E-state index in [4.69, 9.17) is 4.74 Å². The number of aryl methyl sites for hydroxylation is 2. The smallest absolute Gasteiger partial charge is 0.262 e. The van der Waals surface area contributed by atoms with E-state index in [9.17, 15) is 9.59 Å². The van der Waals surface area contributed by atoms with Gasteiger partial charge in [-0.1, -0.05) is 42.0 Å². The van der Waals surface area contributed by atoms with Gasteiger partial charge in [0.15, 0.2) is 0 Å². The molecule has 1 saturated heterocycles. The third-order valence-corrected chi connectivity index (χ3v) is 6.96. The van der Waals surface area contributed by atoms with Crippen molar-refractivity contribution in [1.29, 1.82) is 0 Å². The minimum absolute atomic E-state index is 0.0564. The molecule has 0 aliphatic carbocycles. The highest BCUT2D eigenvalue weighted by Crippen LogP contribution is 2.23. The van der Waals surface area contributed by atoms with E-state index in [1.807, 2.05) is 47.4 Å². The Morgan fingerprint density at radius 2 is 1.69 bits per heavy atom. The highest BCUT2D eigenvalue weighted by atomic mass is 16.5. The molecule has 0 saturated carbocycles. The van der Waals surface area contributed by atoms with Gasteiger partial charge in [-0.3, -0.25) is 19.1 Å². The Morgan fingerprint density at radius 1 is 0.944 bits per heavy atom. The molecule has 2 heterocycles. The van der Waals surface area contributed by atoms with E-state index in [-0.39, 0.29) is 11.5 Å². The lowest BCUT2D eigenvalue weighted by Crippen LogP contribution is -2.47. The first kappa shape index (κ1) is 23.8. The summed E-state index contributed by atoms with van der Waals surface area (Å²) in [4.78, 5) is 31.5. The number of methoxy groups -OCH3 is 1. The fourth-order valence-corrected chi connectivity index (χ4v) is 4.94. The first-order valence-corrected chi connectivity index (χ1v) is 12.3. The number of hydrogen-bond donors (Lipinski definition) is 0. The van der Waals surface area contributed by atoms with Crippen molar-refractivity contribution in [3.63, 3.8) is 0 Å². The molecule has 5 rings (SSSR count). The number of rotatable bonds is 5. The average Bonchev–Trinajstić information content (AvgIpc) is 2.91. The van der Waals surface area contributed by atoms with Crippen LogP contribution in [0.5, 0.6) is 5.75 Å². The van der Waals surface area contributed by atoms with Gasteiger partial charge in [0.2, 0.25) is 0 Å². The van der Waals surface area contributed by atoms with Gasteiger partial charge in [-0.15, -0.1) is 0 Å². The van der Waals surface area contributed by atoms with Crippen LogP contribution in [0.3, 0.4) is 0 Å². The number of carbonyl (C=O) groups excluding carboxylic acids is 1. The average molecular weight is 482 g/mol. The molecule has 3 aromatic carbocycles. The van der Waals surface area contributed by atoms with Gasteiger partial charge in [0.1, 0.15) is 5.75 Å². The van der Waals surface area contributed by atoms with Crippen LogP contribution in [-0.2, 0) is 6.54 Å². The molecule has 36 heavy (non-hydrogen) atoms. The summed E-state index contributed by atoms with van der Waals surface area (Å²) in [6, 6.07) is 21.2. The maximum absolute atomic E-state index is 13.9. The van der Waals surface area contributed by atoms with Crippen molar-refractivity contribution < 1.29 is 9.53 Å². The van der Waals surface area contributed by atoms with Crippen LogP contribution in [0.25, 0.3) is 16.5 Å². The first-order valence-electron chi connectivity index (χ1n) is 12.3. The second kappa shape index (κ2) is 9.99. The third kappa shape index (κ3) is 4.64. The summed E-state index contributed by atoms with van der Waals surface area (Å²) in [5.74, 6) is 0.653. The van der Waals surface area contributed by atoms with E-state index < -0.39 is 0 Å². The fraction of sp³-hybridized carbons (Fsp3) is 0.267. The molecule has 1 amide bonds. The van der Waals surface area contributed by atoms with Crippen molar-refractivity contribution in [3.05, 3.63) is 106 Å². The van der Waals surface area contributed by atoms with E-state index in [1.165, 1.54) is 16.7 Å². The van der Waals surface area contributed by atoms with Crippen LogP contribution in [0.4, 0.5) is 0 Å². The van der Waals surface area contributed by atoms with E-state index in [0.29, 0.717) is 41.0 Å². The Bertz CT molecular complexity index is 1470. The number of benzene rings is 3. The SMILES string of the molecule is COc1ccc(-n2cc(C(=O)N3CCCN(Cc4cc(C)ccc4C)C3)c3ccccc3c2=O)cc1. The van der Waals surface area contributed by atoms with Crippen LogP contribution in [0, 0.1) is 13.8 Å². The van der Waals surface area contributed by atoms with Crippen LogP contribution in [0.2, 0.25) is 0 Å². The standard InChI is InChI=1S/C30H31N3O3/c1-21-9-10-22(2)23(17-21)18-31-15-6-16-32(20-31)29(34)28-19-33(24-11-13-25(36-3)14-12-24)30(35)27-8-5-4-7-26(27)28/h4-5,7-14,17,19H,6,15-16,18,20H2,1-3H3. The zero-order valence-electron chi connectivity index (χ0n) is 21.0. The van der Waals surface area contributed by atoms with Crippen LogP contribution >= 0.6 is 0 Å². The van der Waals surface area contributed by atoms with Gasteiger partial charge in [0.05, 0.1) is 19.3 Å². The molecular formula is C30H31N3O3. The summed E-state index contributed by atoms with van der Waals surface area (Å²) in [5.41, 5.74) is 4.88. The first-order chi connectivity index (χ1) is 17.4. The zero-order valence-corrected chi connectivity index (χ0v) is 21.0. The normalized spacial score (nSPS) is 14.2. The number of carbonyl (C=O) groups is 1. The number of aromatic nitrogens is 1. The third-order valence-electron chi connectivity index (χ3n) is 6.96. The molecule has 6 nitrogen and oxygen atoms in total. The highest BCUT2D eigenvalue weighted by Gasteiger charge is 2.25. The second-order valence-electron chi connectivity index (χ2n) is 9.51. The van der Waals surface area contributed by atoms with Crippen molar-refractivity contribution >= 4 is 16.7 Å². The monoisotopic (exact) mass is 481 g/mol. The predicted octanol–water partition coefficient (Wildman–Crippen LogP) is 4.92. The lowest BCUT2D eigenvalue weighted by atomic mass is 10.0. The van der Waals surface area contributed by atoms with Gasteiger partial charge in [-0.25, -0.2) is 0 Å². The molecule has 0 unspecified atom stereocenters. The number of fused-ring (bicyclic) bond motifs is 1. The van der Waals surface area contributed by atoms with Crippen molar-refractivity contribution in [2.24, 2.45) is 0 Å². The number of hydrogen-bond acceptors (Lipinski definition) is 4. The summed E-state index contributed by atoms with van der Waals surface area (Å²) in [7, 11) is 1.61. The molecule has 0 N–H and O–H groups in total. The lowest BCUT2D eigenvalue weighted by Gasteiger charge is -2.36. The molecule has 184 valence electrons. The molecular weight excluding hydrogens is 450 g/mol. The highest BCUT2D eigenvalue weighted by molar-refractivity contribution is 6.06. The van der Waals surface area contributed by atoms with E-state index in [2.05, 4.69) is 36.9 Å². The zero-order chi connectivity index (χ0) is 25.2. The van der Waals surface area contributed by atoms with E-state index in [1.54, 1.807) is 23.9 Å². The fourth-order valence-electron chi connectivity index (χ4n) is 4.94. The largest absolute Gasteiger partial charge is 0.497 e. The summed E-state index contributed by atoms with van der Waals surface area (Å²) in [5, 5.41) is 1.22. The Balaban J connectivity index is 1.48. The van der Waals surface area contributed by atoms with Gasteiger partial charge in [-0.05, 0) is 61.7 Å². The molecule has 1 aliphatic rings. The number of amides is 1. The molecule has 6 heteroatoms. The topological polar surface area (TPSA) is 54.8 Å². The van der Waals surface area contributed by atoms with Gasteiger partial charge < -0.3 is 9.64 Å². The summed E-state index contributed by atoms with van der Waals surface area (Å²) in [6.45, 7) is 7.25. The van der Waals surface area contributed by atoms with Gasteiger partial charge >= 0.3 is 0 Å². The maximum atomic E-state index is 13.9. The van der Waals surface area contributed by atoms with E-state index in [0.717, 1.165) is 19.5 Å². The van der Waals surface area contributed by atoms with Crippen molar-refractivity contribution in [1.82, 2.24) is 14.4 Å². The van der Waals surface area contributed by atoms with Crippen molar-refractivity contribution in [2.75, 3.05) is 26.9 Å². The van der Waals surface area contributed by atoms with Gasteiger partial charge in [0.25, 0.3) is 11.5 Å². The summed E-state index contributed by atoms with van der Waals surface area (Å²) in [6.07, 6.45) is 2.60. The quantitative estimate of drug-likeness (QED) is 0.406. The molecule has 1 fully saturated rings. The molecule has 0 atom stereocenters. The van der Waals surface area contributed by atoms with E-state index >= 15 is 0 Å². The summed E-state index contributed by atoms with van der Waals surface area (Å²) < 4.78 is 6.82. The van der Waals surface area contributed by atoms with Gasteiger partial charge in [0, 0.05) is 42.3 Å². The predicted molar refractivity (Wildman–Crippen MR) is 143 cm³/mol. The number of pyridine rings is 1.